The number of hydrogen-bond acceptors (Lipinski definition) is 3. The fourth-order valence-corrected chi connectivity index (χ4v) is 7.32. The Balaban J connectivity index is 1.24. The highest BCUT2D eigenvalue weighted by Gasteiger charge is 2.54. The predicted molar refractivity (Wildman–Crippen MR) is 121 cm³/mol. The summed E-state index contributed by atoms with van der Waals surface area (Å²) in [7, 11) is 0. The third kappa shape index (κ3) is 4.00. The van der Waals surface area contributed by atoms with E-state index >= 15 is 0 Å². The molecule has 6 rings (SSSR count). The van der Waals surface area contributed by atoms with Gasteiger partial charge < -0.3 is 14.5 Å². The summed E-state index contributed by atoms with van der Waals surface area (Å²) < 4.78 is 11.7. The van der Waals surface area contributed by atoms with Crippen LogP contribution in [0.5, 0.6) is 5.75 Å². The van der Waals surface area contributed by atoms with Gasteiger partial charge in [0.1, 0.15) is 18.1 Å². The summed E-state index contributed by atoms with van der Waals surface area (Å²) in [5, 5.41) is 3.93. The van der Waals surface area contributed by atoms with Crippen LogP contribution in [0.4, 0.5) is 0 Å². The summed E-state index contributed by atoms with van der Waals surface area (Å²) >= 11 is 6.23. The maximum atomic E-state index is 13.0. The van der Waals surface area contributed by atoms with Crippen LogP contribution in [0.2, 0.25) is 5.02 Å². The molecule has 1 aromatic carbocycles. The van der Waals surface area contributed by atoms with E-state index in [2.05, 4.69) is 12.2 Å². The molecule has 0 spiro atoms. The van der Waals surface area contributed by atoms with E-state index in [9.17, 15) is 4.79 Å². The van der Waals surface area contributed by atoms with Gasteiger partial charge in [-0.15, -0.1) is 0 Å². The molecule has 4 nitrogen and oxygen atoms in total. The lowest BCUT2D eigenvalue weighted by molar-refractivity contribution is -0.0728. The molecule has 0 aliphatic heterocycles. The van der Waals surface area contributed by atoms with Crippen molar-refractivity contribution in [2.24, 2.45) is 23.2 Å². The molecule has 1 heterocycles. The minimum atomic E-state index is -0.109. The van der Waals surface area contributed by atoms with Gasteiger partial charge >= 0.3 is 0 Å². The zero-order chi connectivity index (χ0) is 21.6. The number of nitrogens with one attached hydrogen (secondary N) is 1. The molecule has 166 valence electrons. The fraction of sp³-hybridized carbons (Fsp3) is 0.577. The van der Waals surface area contributed by atoms with Crippen molar-refractivity contribution in [1.82, 2.24) is 5.32 Å². The van der Waals surface area contributed by atoms with Gasteiger partial charge in [-0.1, -0.05) is 30.7 Å². The summed E-state index contributed by atoms with van der Waals surface area (Å²) in [6, 6.07) is 9.45. The number of benzene rings is 1. The molecular formula is C26H32ClNO3. The molecule has 1 atom stereocenters. The number of amides is 1. The van der Waals surface area contributed by atoms with Crippen molar-refractivity contribution in [3.8, 4) is 5.75 Å². The number of ether oxygens (including phenoxy) is 1. The Morgan fingerprint density at radius 2 is 1.84 bits per heavy atom. The van der Waals surface area contributed by atoms with Gasteiger partial charge in [0.15, 0.2) is 5.76 Å². The summed E-state index contributed by atoms with van der Waals surface area (Å²) in [6.07, 6.45) is 9.06. The first-order valence-corrected chi connectivity index (χ1v) is 12.1. The quantitative estimate of drug-likeness (QED) is 0.530. The highest BCUT2D eigenvalue weighted by molar-refractivity contribution is 6.32. The first-order chi connectivity index (χ1) is 15.0. The van der Waals surface area contributed by atoms with Gasteiger partial charge in [-0.2, -0.15) is 0 Å². The van der Waals surface area contributed by atoms with Crippen molar-refractivity contribution in [2.45, 2.75) is 71.4 Å². The Bertz CT molecular complexity index is 910. The molecule has 2 aromatic rings. The summed E-state index contributed by atoms with van der Waals surface area (Å²) in [5.74, 6) is 4.14. The van der Waals surface area contributed by atoms with Crippen LogP contribution in [0.3, 0.4) is 0 Å². The van der Waals surface area contributed by atoms with Gasteiger partial charge in [-0.3, -0.25) is 4.79 Å². The van der Waals surface area contributed by atoms with E-state index in [1.54, 1.807) is 12.1 Å². The number of rotatable bonds is 7. The van der Waals surface area contributed by atoms with E-state index < -0.39 is 0 Å². The highest BCUT2D eigenvalue weighted by Crippen LogP contribution is 2.61. The summed E-state index contributed by atoms with van der Waals surface area (Å²) in [5.41, 5.74) is 1.26. The molecule has 1 N–H and O–H groups in total. The number of aryl methyl sites for hydroxylation is 1. The van der Waals surface area contributed by atoms with Crippen LogP contribution in [-0.4, -0.2) is 11.9 Å². The Kier molecular flexibility index (Phi) is 5.54. The van der Waals surface area contributed by atoms with Crippen molar-refractivity contribution >= 4 is 17.5 Å². The lowest BCUT2D eigenvalue weighted by atomic mass is 9.47. The van der Waals surface area contributed by atoms with Crippen LogP contribution < -0.4 is 10.1 Å². The number of carbonyl (C=O) groups excluding carboxylic acids is 1. The zero-order valence-electron chi connectivity index (χ0n) is 18.5. The van der Waals surface area contributed by atoms with Gasteiger partial charge in [0.2, 0.25) is 0 Å². The van der Waals surface area contributed by atoms with E-state index in [1.807, 2.05) is 25.1 Å². The molecule has 1 unspecified atom stereocenters. The SMILES string of the molecule is CCC(NC(=O)c1ccc(COc2c(C)cccc2Cl)o1)C12CC3CC(CC(C3)C1)C2. The number of para-hydroxylation sites is 1. The average Bonchev–Trinajstić information content (AvgIpc) is 3.19. The normalized spacial score (nSPS) is 29.7. The third-order valence-corrected chi connectivity index (χ3v) is 8.24. The van der Waals surface area contributed by atoms with Crippen molar-refractivity contribution < 1.29 is 13.9 Å². The van der Waals surface area contributed by atoms with Crippen molar-refractivity contribution in [3.05, 3.63) is 52.4 Å². The molecule has 4 aliphatic carbocycles. The Hall–Kier alpha value is -1.94. The lowest BCUT2D eigenvalue weighted by Gasteiger charge is -2.59. The molecule has 4 aliphatic rings. The monoisotopic (exact) mass is 441 g/mol. The van der Waals surface area contributed by atoms with Gasteiger partial charge in [-0.05, 0) is 98.8 Å². The average molecular weight is 442 g/mol. The fourth-order valence-electron chi connectivity index (χ4n) is 7.04. The zero-order valence-corrected chi connectivity index (χ0v) is 19.2. The van der Waals surface area contributed by atoms with E-state index in [1.165, 1.54) is 38.5 Å². The van der Waals surface area contributed by atoms with E-state index in [0.717, 1.165) is 29.7 Å². The first-order valence-electron chi connectivity index (χ1n) is 11.7. The highest BCUT2D eigenvalue weighted by atomic mass is 35.5. The molecule has 4 saturated carbocycles. The molecule has 1 aromatic heterocycles. The van der Waals surface area contributed by atoms with E-state index in [4.69, 9.17) is 20.8 Å². The topological polar surface area (TPSA) is 51.5 Å². The molecule has 1 amide bonds. The lowest BCUT2D eigenvalue weighted by Crippen LogP contribution is -2.56. The molecule has 4 bridgehead atoms. The third-order valence-electron chi connectivity index (χ3n) is 7.95. The Labute approximate surface area is 189 Å². The molecular weight excluding hydrogens is 410 g/mol. The number of carbonyl (C=O) groups is 1. The van der Waals surface area contributed by atoms with Gasteiger partial charge in [0.05, 0.1) is 5.02 Å². The van der Waals surface area contributed by atoms with Gasteiger partial charge in [0.25, 0.3) is 5.91 Å². The molecule has 5 heteroatoms. The summed E-state index contributed by atoms with van der Waals surface area (Å²) in [4.78, 5) is 13.0. The first kappa shape index (κ1) is 20.9. The smallest absolute Gasteiger partial charge is 0.287 e. The second-order valence-corrected chi connectivity index (χ2v) is 10.6. The van der Waals surface area contributed by atoms with Crippen LogP contribution in [0, 0.1) is 30.1 Å². The molecule has 0 radical (unpaired) electrons. The molecule has 31 heavy (non-hydrogen) atoms. The maximum absolute atomic E-state index is 13.0. The minimum absolute atomic E-state index is 0.109. The van der Waals surface area contributed by atoms with Crippen LogP contribution in [0.25, 0.3) is 0 Å². The standard InChI is InChI=1S/C26H32ClNO3/c1-3-23(26-12-17-9-18(13-26)11-19(10-17)14-26)28-25(29)22-8-7-20(31-22)15-30-24-16(2)5-4-6-21(24)27/h4-8,17-19,23H,3,9-15H2,1-2H3,(H,28,29). The molecule has 4 fully saturated rings. The second kappa shape index (κ2) is 8.20. The van der Waals surface area contributed by atoms with Crippen LogP contribution in [0.15, 0.2) is 34.7 Å². The Morgan fingerprint density at radius 1 is 1.16 bits per heavy atom. The van der Waals surface area contributed by atoms with Crippen LogP contribution in [-0.2, 0) is 6.61 Å². The van der Waals surface area contributed by atoms with Crippen LogP contribution in [0.1, 0.15) is 73.7 Å². The predicted octanol–water partition coefficient (Wildman–Crippen LogP) is 6.55. The van der Waals surface area contributed by atoms with Crippen molar-refractivity contribution in [1.29, 1.82) is 0 Å². The maximum Gasteiger partial charge on any atom is 0.287 e. The second-order valence-electron chi connectivity index (χ2n) is 10.2. The number of hydrogen-bond donors (Lipinski definition) is 1. The van der Waals surface area contributed by atoms with Crippen molar-refractivity contribution in [3.63, 3.8) is 0 Å². The minimum Gasteiger partial charge on any atom is -0.484 e. The number of furan rings is 1. The van der Waals surface area contributed by atoms with Gasteiger partial charge in [0, 0.05) is 6.04 Å². The molecule has 0 saturated heterocycles. The summed E-state index contributed by atoms with van der Waals surface area (Å²) in [6.45, 7) is 4.40. The van der Waals surface area contributed by atoms with E-state index in [0.29, 0.717) is 27.7 Å². The van der Waals surface area contributed by atoms with Crippen LogP contribution >= 0.6 is 11.6 Å². The number of halogens is 1. The largest absolute Gasteiger partial charge is 0.484 e. The van der Waals surface area contributed by atoms with E-state index in [-0.39, 0.29) is 18.6 Å². The van der Waals surface area contributed by atoms with Crippen molar-refractivity contribution in [2.75, 3.05) is 0 Å². The Morgan fingerprint density at radius 3 is 2.45 bits per heavy atom. The van der Waals surface area contributed by atoms with Gasteiger partial charge in [-0.25, -0.2) is 0 Å².